The summed E-state index contributed by atoms with van der Waals surface area (Å²) in [5.41, 5.74) is 0. The first kappa shape index (κ1) is 14.6. The van der Waals surface area contributed by atoms with E-state index in [0.717, 1.165) is 0 Å². The van der Waals surface area contributed by atoms with E-state index in [9.17, 15) is 8.96 Å². The summed E-state index contributed by atoms with van der Waals surface area (Å²) in [6, 6.07) is 23.6. The molecule has 4 heteroatoms. The number of halogens is 1. The lowest BCUT2D eigenvalue weighted by molar-refractivity contribution is 0.501. The molecule has 0 radical (unpaired) electrons. The molecule has 0 aliphatic heterocycles. The van der Waals surface area contributed by atoms with Gasteiger partial charge in [-0.05, 0) is 48.5 Å². The summed E-state index contributed by atoms with van der Waals surface area (Å²) in [5.74, 6) is 0.0130. The summed E-state index contributed by atoms with van der Waals surface area (Å²) >= 11 is 0. The summed E-state index contributed by atoms with van der Waals surface area (Å²) in [4.78, 5) is 0. The fourth-order valence-electron chi connectivity index (χ4n) is 2.15. The molecular weight excluding hydrogens is 298 g/mol. The highest BCUT2D eigenvalue weighted by atomic mass is 31.2. The molecule has 3 aromatic carbocycles. The van der Waals surface area contributed by atoms with Crippen molar-refractivity contribution in [2.75, 3.05) is 0 Å². The molecule has 0 saturated carbocycles. The van der Waals surface area contributed by atoms with E-state index in [-0.39, 0.29) is 5.82 Å². The van der Waals surface area contributed by atoms with Crippen LogP contribution in [-0.4, -0.2) is 0 Å². The van der Waals surface area contributed by atoms with Gasteiger partial charge in [-0.15, -0.1) is 0 Å². The highest BCUT2D eigenvalue weighted by molar-refractivity contribution is 7.74. The van der Waals surface area contributed by atoms with Crippen LogP contribution in [0.4, 0.5) is 4.39 Å². The van der Waals surface area contributed by atoms with Crippen molar-refractivity contribution in [3.05, 3.63) is 90.7 Å². The van der Waals surface area contributed by atoms with Crippen LogP contribution in [0.2, 0.25) is 0 Å². The Labute approximate surface area is 128 Å². The zero-order chi connectivity index (χ0) is 15.4. The van der Waals surface area contributed by atoms with Crippen molar-refractivity contribution < 1.29 is 13.5 Å². The Morgan fingerprint density at radius 2 is 1.14 bits per heavy atom. The fraction of sp³-hybridized carbons (Fsp3) is 0. The van der Waals surface area contributed by atoms with E-state index in [1.54, 1.807) is 24.3 Å². The zero-order valence-corrected chi connectivity index (χ0v) is 12.6. The molecule has 0 heterocycles. The lowest BCUT2D eigenvalue weighted by Crippen LogP contribution is -2.20. The third kappa shape index (κ3) is 2.95. The van der Waals surface area contributed by atoms with Gasteiger partial charge in [0, 0.05) is 0 Å². The average molecular weight is 312 g/mol. The Hall–Kier alpha value is -2.38. The second-order valence-electron chi connectivity index (χ2n) is 4.77. The van der Waals surface area contributed by atoms with Gasteiger partial charge in [0.15, 0.2) is 0 Å². The first-order chi connectivity index (χ1) is 10.7. The number of rotatable bonds is 4. The molecule has 0 N–H and O–H groups in total. The molecule has 0 aromatic heterocycles. The normalized spacial score (nSPS) is 11.1. The van der Waals surface area contributed by atoms with Gasteiger partial charge in [-0.1, -0.05) is 36.4 Å². The van der Waals surface area contributed by atoms with Crippen LogP contribution in [-0.2, 0) is 4.57 Å². The van der Waals surface area contributed by atoms with Gasteiger partial charge < -0.3 is 4.52 Å². The van der Waals surface area contributed by atoms with Crippen LogP contribution in [0.3, 0.4) is 0 Å². The lowest BCUT2D eigenvalue weighted by atomic mass is 10.3. The lowest BCUT2D eigenvalue weighted by Gasteiger charge is -2.20. The molecule has 0 unspecified atom stereocenters. The average Bonchev–Trinajstić information content (AvgIpc) is 2.58. The van der Waals surface area contributed by atoms with Crippen LogP contribution in [0, 0.1) is 5.82 Å². The van der Waals surface area contributed by atoms with Crippen LogP contribution < -0.4 is 15.1 Å². The van der Waals surface area contributed by atoms with Gasteiger partial charge >= 0.3 is 7.37 Å². The van der Waals surface area contributed by atoms with E-state index < -0.39 is 7.37 Å². The molecule has 0 fully saturated rings. The molecule has 0 spiro atoms. The number of benzene rings is 3. The maximum atomic E-state index is 13.6. The highest BCUT2D eigenvalue weighted by Crippen LogP contribution is 2.44. The Morgan fingerprint density at radius 3 is 1.59 bits per heavy atom. The SMILES string of the molecule is O=P(Oc1ccc(F)cc1)(c1ccccc1)c1ccccc1. The Morgan fingerprint density at radius 1 is 0.682 bits per heavy atom. The van der Waals surface area contributed by atoms with Crippen molar-refractivity contribution >= 4 is 18.0 Å². The second kappa shape index (κ2) is 6.17. The molecule has 0 atom stereocenters. The van der Waals surface area contributed by atoms with Gasteiger partial charge in [-0.3, -0.25) is 4.57 Å². The van der Waals surface area contributed by atoms with E-state index in [1.165, 1.54) is 24.3 Å². The Kier molecular flexibility index (Phi) is 4.08. The first-order valence-corrected chi connectivity index (χ1v) is 8.47. The smallest absolute Gasteiger partial charge is 0.306 e. The van der Waals surface area contributed by atoms with Gasteiger partial charge in [-0.2, -0.15) is 0 Å². The summed E-state index contributed by atoms with van der Waals surface area (Å²) < 4.78 is 32.4. The van der Waals surface area contributed by atoms with Crippen molar-refractivity contribution in [2.24, 2.45) is 0 Å². The van der Waals surface area contributed by atoms with E-state index in [1.807, 2.05) is 36.4 Å². The van der Waals surface area contributed by atoms with Gasteiger partial charge in [0.05, 0.1) is 10.6 Å². The maximum Gasteiger partial charge on any atom is 0.306 e. The van der Waals surface area contributed by atoms with Crippen molar-refractivity contribution in [2.45, 2.75) is 0 Å². The quantitative estimate of drug-likeness (QED) is 0.677. The molecule has 3 rings (SSSR count). The van der Waals surface area contributed by atoms with E-state index in [4.69, 9.17) is 4.52 Å². The topological polar surface area (TPSA) is 26.3 Å². The van der Waals surface area contributed by atoms with Crippen LogP contribution in [0.1, 0.15) is 0 Å². The monoisotopic (exact) mass is 312 g/mol. The molecule has 0 aliphatic carbocycles. The van der Waals surface area contributed by atoms with Crippen molar-refractivity contribution in [1.82, 2.24) is 0 Å². The predicted molar refractivity (Wildman–Crippen MR) is 86.8 cm³/mol. The standard InChI is InChI=1S/C18H14FO2P/c19-15-11-13-16(14-12-15)21-22(20,17-7-3-1-4-8-17)18-9-5-2-6-10-18/h1-14H. The Balaban J connectivity index is 2.08. The minimum absolute atomic E-state index is 0.360. The van der Waals surface area contributed by atoms with E-state index in [2.05, 4.69) is 0 Å². The third-order valence-corrected chi connectivity index (χ3v) is 5.66. The minimum Gasteiger partial charge on any atom is -0.437 e. The van der Waals surface area contributed by atoms with Gasteiger partial charge in [0.2, 0.25) is 0 Å². The van der Waals surface area contributed by atoms with E-state index in [0.29, 0.717) is 16.4 Å². The van der Waals surface area contributed by atoms with Crippen molar-refractivity contribution in [1.29, 1.82) is 0 Å². The van der Waals surface area contributed by atoms with Gasteiger partial charge in [-0.25, -0.2) is 4.39 Å². The molecule has 0 amide bonds. The summed E-state index contributed by atoms with van der Waals surface area (Å²) in [6.07, 6.45) is 0. The summed E-state index contributed by atoms with van der Waals surface area (Å²) in [5, 5.41) is 1.20. The van der Waals surface area contributed by atoms with Gasteiger partial charge in [0.1, 0.15) is 11.6 Å². The molecule has 0 bridgehead atoms. The summed E-state index contributed by atoms with van der Waals surface area (Å²) in [7, 11) is -3.28. The molecular formula is C18H14FO2P. The highest BCUT2D eigenvalue weighted by Gasteiger charge is 2.29. The second-order valence-corrected chi connectivity index (χ2v) is 7.09. The molecule has 0 saturated heterocycles. The Bertz CT molecular complexity index is 743. The summed E-state index contributed by atoms with van der Waals surface area (Å²) in [6.45, 7) is 0. The number of hydrogen-bond acceptors (Lipinski definition) is 2. The molecule has 0 aliphatic rings. The fourth-order valence-corrected chi connectivity index (χ4v) is 4.20. The van der Waals surface area contributed by atoms with Crippen LogP contribution >= 0.6 is 7.37 Å². The molecule has 2 nitrogen and oxygen atoms in total. The predicted octanol–water partition coefficient (Wildman–Crippen LogP) is 4.13. The van der Waals surface area contributed by atoms with Crippen LogP contribution in [0.15, 0.2) is 84.9 Å². The van der Waals surface area contributed by atoms with Crippen LogP contribution in [0.25, 0.3) is 0 Å². The van der Waals surface area contributed by atoms with Crippen molar-refractivity contribution in [3.63, 3.8) is 0 Å². The maximum absolute atomic E-state index is 13.6. The largest absolute Gasteiger partial charge is 0.437 e. The molecule has 3 aromatic rings. The number of hydrogen-bond donors (Lipinski definition) is 0. The van der Waals surface area contributed by atoms with E-state index >= 15 is 0 Å². The van der Waals surface area contributed by atoms with Crippen LogP contribution in [0.5, 0.6) is 5.75 Å². The zero-order valence-electron chi connectivity index (χ0n) is 11.7. The first-order valence-electron chi connectivity index (χ1n) is 6.85. The minimum atomic E-state index is -3.28. The van der Waals surface area contributed by atoms with Gasteiger partial charge in [0.25, 0.3) is 0 Å². The third-order valence-electron chi connectivity index (χ3n) is 3.24. The van der Waals surface area contributed by atoms with Crippen molar-refractivity contribution in [3.8, 4) is 5.75 Å². The molecule has 22 heavy (non-hydrogen) atoms. The molecule has 110 valence electrons.